The molecule has 0 aromatic carbocycles. The van der Waals surface area contributed by atoms with Gasteiger partial charge in [0.1, 0.15) is 4.21 Å². The molecule has 0 saturated heterocycles. The molecule has 0 aliphatic carbocycles. The Labute approximate surface area is 160 Å². The van der Waals surface area contributed by atoms with Crippen molar-refractivity contribution in [2.45, 2.75) is 43.7 Å². The van der Waals surface area contributed by atoms with Gasteiger partial charge in [-0.05, 0) is 25.5 Å². The van der Waals surface area contributed by atoms with E-state index in [1.54, 1.807) is 12.1 Å². The summed E-state index contributed by atoms with van der Waals surface area (Å²) >= 11 is 1.26. The van der Waals surface area contributed by atoms with Crippen molar-refractivity contribution in [2.75, 3.05) is 19.6 Å². The lowest BCUT2D eigenvalue weighted by Crippen LogP contribution is -2.38. The summed E-state index contributed by atoms with van der Waals surface area (Å²) in [6.45, 7) is 5.43. The van der Waals surface area contributed by atoms with Crippen LogP contribution in [-0.2, 0) is 10.0 Å². The molecule has 0 aliphatic heterocycles. The number of thiophene rings is 1. The summed E-state index contributed by atoms with van der Waals surface area (Å²) in [5.74, 6) is 0.364. The Bertz CT molecular complexity index is 573. The third-order valence-corrected chi connectivity index (χ3v) is 5.95. The van der Waals surface area contributed by atoms with Crippen LogP contribution in [0.3, 0.4) is 0 Å². The van der Waals surface area contributed by atoms with Crippen LogP contribution in [0.15, 0.2) is 21.3 Å². The number of guanidine groups is 1. The first-order valence-electron chi connectivity index (χ1n) is 7.55. The molecule has 0 radical (unpaired) electrons. The smallest absolute Gasteiger partial charge is 0.250 e. The largest absolute Gasteiger partial charge is 0.370 e. The number of aryl methyl sites for hydroxylation is 1. The van der Waals surface area contributed by atoms with Crippen LogP contribution in [0.1, 0.15) is 37.5 Å². The van der Waals surface area contributed by atoms with Gasteiger partial charge in [-0.3, -0.25) is 4.99 Å². The van der Waals surface area contributed by atoms with Gasteiger partial charge >= 0.3 is 0 Å². The molecular formula is C14H27IN4O2S2. The Kier molecular flexibility index (Phi) is 11.8. The Morgan fingerprint density at radius 3 is 2.61 bits per heavy atom. The van der Waals surface area contributed by atoms with Crippen molar-refractivity contribution in [1.29, 1.82) is 0 Å². The average molecular weight is 474 g/mol. The number of nitrogens with one attached hydrogen (secondary N) is 2. The van der Waals surface area contributed by atoms with Crippen molar-refractivity contribution in [1.82, 2.24) is 10.0 Å². The number of rotatable bonds is 10. The first-order chi connectivity index (χ1) is 10.5. The SMILES string of the molecule is CCCCCCN=C(N)NCCNS(=O)(=O)c1ccc(C)s1.I. The Hall–Kier alpha value is -0.390. The topological polar surface area (TPSA) is 96.6 Å². The molecule has 23 heavy (non-hydrogen) atoms. The summed E-state index contributed by atoms with van der Waals surface area (Å²) in [5.41, 5.74) is 5.72. The monoisotopic (exact) mass is 474 g/mol. The zero-order valence-corrected chi connectivity index (χ0v) is 17.6. The molecule has 0 unspecified atom stereocenters. The molecule has 0 amide bonds. The van der Waals surface area contributed by atoms with Crippen molar-refractivity contribution in [3.8, 4) is 0 Å². The zero-order valence-electron chi connectivity index (χ0n) is 13.7. The predicted molar refractivity (Wildman–Crippen MR) is 108 cm³/mol. The Morgan fingerprint density at radius 2 is 2.00 bits per heavy atom. The van der Waals surface area contributed by atoms with Gasteiger partial charge in [-0.15, -0.1) is 35.3 Å². The molecular weight excluding hydrogens is 447 g/mol. The highest BCUT2D eigenvalue weighted by Crippen LogP contribution is 2.19. The minimum atomic E-state index is -3.42. The van der Waals surface area contributed by atoms with E-state index in [2.05, 4.69) is 22.0 Å². The summed E-state index contributed by atoms with van der Waals surface area (Å²) in [5, 5.41) is 2.91. The van der Waals surface area contributed by atoms with E-state index in [4.69, 9.17) is 5.73 Å². The minimum absolute atomic E-state index is 0. The second-order valence-electron chi connectivity index (χ2n) is 5.02. The molecule has 0 saturated carbocycles. The van der Waals surface area contributed by atoms with Crippen LogP contribution in [-0.4, -0.2) is 34.0 Å². The van der Waals surface area contributed by atoms with Gasteiger partial charge < -0.3 is 11.1 Å². The van der Waals surface area contributed by atoms with Gasteiger partial charge in [0.15, 0.2) is 5.96 Å². The summed E-state index contributed by atoms with van der Waals surface area (Å²) in [7, 11) is -3.42. The molecule has 1 rings (SSSR count). The maximum absolute atomic E-state index is 12.0. The highest BCUT2D eigenvalue weighted by atomic mass is 127. The molecule has 6 nitrogen and oxygen atoms in total. The molecule has 9 heteroatoms. The zero-order chi connectivity index (χ0) is 16.4. The van der Waals surface area contributed by atoms with Crippen LogP contribution < -0.4 is 15.8 Å². The molecule has 4 N–H and O–H groups in total. The normalized spacial score (nSPS) is 12.0. The summed E-state index contributed by atoms with van der Waals surface area (Å²) in [6.07, 6.45) is 4.60. The van der Waals surface area contributed by atoms with Crippen molar-refractivity contribution in [3.05, 3.63) is 17.0 Å². The number of halogens is 1. The van der Waals surface area contributed by atoms with Gasteiger partial charge in [-0.2, -0.15) is 0 Å². The number of unbranched alkanes of at least 4 members (excludes halogenated alkanes) is 3. The van der Waals surface area contributed by atoms with Crippen LogP contribution >= 0.6 is 35.3 Å². The quantitative estimate of drug-likeness (QED) is 0.210. The van der Waals surface area contributed by atoms with E-state index in [9.17, 15) is 8.42 Å². The van der Waals surface area contributed by atoms with Crippen molar-refractivity contribution >= 4 is 51.3 Å². The summed E-state index contributed by atoms with van der Waals surface area (Å²) in [6, 6.07) is 3.41. The lowest BCUT2D eigenvalue weighted by Gasteiger charge is -2.07. The maximum Gasteiger partial charge on any atom is 0.250 e. The van der Waals surface area contributed by atoms with E-state index in [1.165, 1.54) is 24.2 Å². The van der Waals surface area contributed by atoms with Crippen LogP contribution in [0.2, 0.25) is 0 Å². The summed E-state index contributed by atoms with van der Waals surface area (Å²) in [4.78, 5) is 5.17. The second kappa shape index (κ2) is 12.0. The third kappa shape index (κ3) is 9.48. The van der Waals surface area contributed by atoms with Gasteiger partial charge in [0.2, 0.25) is 10.0 Å². The Balaban J connectivity index is 0.00000484. The van der Waals surface area contributed by atoms with Crippen LogP contribution in [0.5, 0.6) is 0 Å². The van der Waals surface area contributed by atoms with E-state index in [-0.39, 0.29) is 30.5 Å². The van der Waals surface area contributed by atoms with Crippen molar-refractivity contribution < 1.29 is 8.42 Å². The highest BCUT2D eigenvalue weighted by molar-refractivity contribution is 14.0. The van der Waals surface area contributed by atoms with E-state index < -0.39 is 10.0 Å². The second-order valence-corrected chi connectivity index (χ2v) is 8.30. The van der Waals surface area contributed by atoms with Crippen LogP contribution in [0.25, 0.3) is 0 Å². The number of nitrogens with zero attached hydrogens (tertiary/aromatic N) is 1. The van der Waals surface area contributed by atoms with Gasteiger partial charge in [0, 0.05) is 24.5 Å². The van der Waals surface area contributed by atoms with E-state index in [0.717, 1.165) is 17.7 Å². The van der Waals surface area contributed by atoms with E-state index >= 15 is 0 Å². The maximum atomic E-state index is 12.0. The minimum Gasteiger partial charge on any atom is -0.370 e. The van der Waals surface area contributed by atoms with Crippen LogP contribution in [0, 0.1) is 6.92 Å². The average Bonchev–Trinajstić information content (AvgIpc) is 2.91. The lowest BCUT2D eigenvalue weighted by molar-refractivity contribution is 0.583. The standard InChI is InChI=1S/C14H26N4O2S2.HI/c1-3-4-5-6-9-16-14(15)17-10-11-18-22(19,20)13-8-7-12(2)21-13;/h7-8,18H,3-6,9-11H2,1-2H3,(H3,15,16,17);1H. The number of hydrogen-bond acceptors (Lipinski definition) is 4. The molecule has 1 heterocycles. The fourth-order valence-corrected chi connectivity index (χ4v) is 4.16. The number of sulfonamides is 1. The lowest BCUT2D eigenvalue weighted by atomic mass is 10.2. The Morgan fingerprint density at radius 1 is 1.26 bits per heavy atom. The number of aliphatic imine (C=N–C) groups is 1. The number of hydrogen-bond donors (Lipinski definition) is 3. The molecule has 0 spiro atoms. The number of nitrogens with two attached hydrogens (primary N) is 1. The first-order valence-corrected chi connectivity index (χ1v) is 9.85. The molecule has 134 valence electrons. The van der Waals surface area contributed by atoms with Gasteiger partial charge in [0.25, 0.3) is 0 Å². The van der Waals surface area contributed by atoms with Gasteiger partial charge in [-0.1, -0.05) is 26.2 Å². The molecule has 0 aliphatic rings. The molecule has 0 bridgehead atoms. The van der Waals surface area contributed by atoms with Crippen LogP contribution in [0.4, 0.5) is 0 Å². The van der Waals surface area contributed by atoms with E-state index in [0.29, 0.717) is 23.3 Å². The van der Waals surface area contributed by atoms with Gasteiger partial charge in [-0.25, -0.2) is 13.1 Å². The third-order valence-electron chi connectivity index (χ3n) is 3.00. The van der Waals surface area contributed by atoms with E-state index in [1.807, 2.05) is 6.92 Å². The first kappa shape index (κ1) is 22.6. The molecule has 1 aromatic heterocycles. The fourth-order valence-electron chi connectivity index (χ4n) is 1.80. The fraction of sp³-hybridized carbons (Fsp3) is 0.643. The molecule has 1 aromatic rings. The van der Waals surface area contributed by atoms with Crippen molar-refractivity contribution in [3.63, 3.8) is 0 Å². The van der Waals surface area contributed by atoms with Gasteiger partial charge in [0.05, 0.1) is 0 Å². The predicted octanol–water partition coefficient (Wildman–Crippen LogP) is 2.44. The highest BCUT2D eigenvalue weighted by Gasteiger charge is 2.14. The molecule has 0 fully saturated rings. The van der Waals surface area contributed by atoms with Crippen molar-refractivity contribution in [2.24, 2.45) is 10.7 Å². The summed E-state index contributed by atoms with van der Waals surface area (Å²) < 4.78 is 26.8. The molecule has 0 atom stereocenters.